The van der Waals surface area contributed by atoms with Crippen molar-refractivity contribution in [2.45, 2.75) is 44.3 Å². The molecule has 5 heterocycles. The molecule has 0 unspecified atom stereocenters. The van der Waals surface area contributed by atoms with Crippen molar-refractivity contribution in [3.8, 4) is 12.1 Å². The Kier molecular flexibility index (Phi) is 8.91. The van der Waals surface area contributed by atoms with Crippen LogP contribution in [-0.2, 0) is 17.8 Å². The second-order valence-corrected chi connectivity index (χ2v) is 12.7. The van der Waals surface area contributed by atoms with E-state index in [1.807, 2.05) is 12.1 Å². The normalized spacial score (nSPS) is 20.1. The molecule has 7 rings (SSSR count). The second kappa shape index (κ2) is 13.6. The van der Waals surface area contributed by atoms with Gasteiger partial charge in [0.2, 0.25) is 5.91 Å². The topological polar surface area (TPSA) is 120 Å². The Hall–Kier alpha value is -4.73. The van der Waals surface area contributed by atoms with Crippen molar-refractivity contribution in [1.82, 2.24) is 34.5 Å². The lowest BCUT2D eigenvalue weighted by atomic mass is 10.0. The summed E-state index contributed by atoms with van der Waals surface area (Å²) in [6.45, 7) is 4.44. The minimum atomic E-state index is -0.304. The fraction of sp³-hybridized carbons (Fsp3) is 0.412. The number of carbonyl (C=O) groups excluding carboxylic acids is 1. The highest BCUT2D eigenvalue weighted by Gasteiger charge is 2.34. The number of likely N-dealkylation sites (tertiary alicyclic amines) is 1. The summed E-state index contributed by atoms with van der Waals surface area (Å²) in [5.74, 6) is 0.660. The number of nitriles is 1. The van der Waals surface area contributed by atoms with Gasteiger partial charge in [-0.2, -0.15) is 20.3 Å². The molecule has 242 valence electrons. The molecule has 3 aliphatic heterocycles. The molecule has 1 amide bonds. The van der Waals surface area contributed by atoms with Gasteiger partial charge in [0.1, 0.15) is 25.1 Å². The number of halogens is 1. The Morgan fingerprint density at radius 3 is 2.77 bits per heavy atom. The fourth-order valence-corrected chi connectivity index (χ4v) is 7.25. The van der Waals surface area contributed by atoms with E-state index in [2.05, 4.69) is 62.2 Å². The van der Waals surface area contributed by atoms with Crippen LogP contribution < -0.4 is 14.5 Å². The number of aromatic nitrogens is 5. The Balaban J connectivity index is 1.18. The molecule has 2 fully saturated rings. The zero-order valence-electron chi connectivity index (χ0n) is 26.4. The SMILES string of the molecule is CN1CCC[C@H]1COc1nc2c(c(N3CCN(C(=O)/C=C/n4cncn4)[C@@H](CC#N)C3)n1)CCN(c1cccc3cccc(Cl)c13)C2. The zero-order chi connectivity index (χ0) is 32.3. The van der Waals surface area contributed by atoms with Gasteiger partial charge < -0.3 is 24.3 Å². The molecule has 0 saturated carbocycles. The molecular formula is C34H37ClN10O2. The number of piperazine rings is 1. The van der Waals surface area contributed by atoms with Crippen LogP contribution in [0.4, 0.5) is 11.5 Å². The van der Waals surface area contributed by atoms with Crippen LogP contribution >= 0.6 is 11.6 Å². The van der Waals surface area contributed by atoms with Gasteiger partial charge in [-0.15, -0.1) is 0 Å². The summed E-state index contributed by atoms with van der Waals surface area (Å²) in [4.78, 5) is 35.7. The van der Waals surface area contributed by atoms with E-state index in [-0.39, 0.29) is 18.4 Å². The van der Waals surface area contributed by atoms with Gasteiger partial charge in [0.15, 0.2) is 0 Å². The first-order valence-electron chi connectivity index (χ1n) is 16.1. The van der Waals surface area contributed by atoms with Crippen molar-refractivity contribution in [1.29, 1.82) is 5.26 Å². The zero-order valence-corrected chi connectivity index (χ0v) is 27.1. The molecule has 3 aliphatic rings. The number of hydrogen-bond donors (Lipinski definition) is 0. The number of hydrogen-bond acceptors (Lipinski definition) is 10. The van der Waals surface area contributed by atoms with Gasteiger partial charge in [-0.25, -0.2) is 9.67 Å². The quantitative estimate of drug-likeness (QED) is 0.258. The second-order valence-electron chi connectivity index (χ2n) is 12.3. The highest BCUT2D eigenvalue weighted by Crippen LogP contribution is 2.37. The van der Waals surface area contributed by atoms with Gasteiger partial charge in [-0.1, -0.05) is 35.9 Å². The van der Waals surface area contributed by atoms with Crippen molar-refractivity contribution in [3.05, 3.63) is 71.4 Å². The maximum atomic E-state index is 13.2. The highest BCUT2D eigenvalue weighted by molar-refractivity contribution is 6.36. The molecule has 2 aromatic carbocycles. The summed E-state index contributed by atoms with van der Waals surface area (Å²) in [6, 6.07) is 14.9. The summed E-state index contributed by atoms with van der Waals surface area (Å²) in [5, 5.41) is 16.6. The monoisotopic (exact) mass is 652 g/mol. The van der Waals surface area contributed by atoms with Gasteiger partial charge in [-0.05, 0) is 50.4 Å². The third kappa shape index (κ3) is 6.46. The maximum absolute atomic E-state index is 13.2. The Morgan fingerprint density at radius 1 is 1.11 bits per heavy atom. The molecule has 2 atom stereocenters. The Bertz CT molecular complexity index is 1820. The highest BCUT2D eigenvalue weighted by atomic mass is 35.5. The number of likely N-dealkylation sites (N-methyl/N-ethyl adjacent to an activating group) is 1. The van der Waals surface area contributed by atoms with Crippen LogP contribution in [0.15, 0.2) is 55.1 Å². The molecule has 12 nitrogen and oxygen atoms in total. The lowest BCUT2D eigenvalue weighted by molar-refractivity contribution is -0.128. The number of fused-ring (bicyclic) bond motifs is 2. The van der Waals surface area contributed by atoms with Gasteiger partial charge in [-0.3, -0.25) is 4.79 Å². The molecule has 0 bridgehead atoms. The average Bonchev–Trinajstić information content (AvgIpc) is 3.77. The molecule has 0 N–H and O–H groups in total. The van der Waals surface area contributed by atoms with E-state index < -0.39 is 0 Å². The van der Waals surface area contributed by atoms with Crippen LogP contribution in [0.5, 0.6) is 6.01 Å². The van der Waals surface area contributed by atoms with E-state index in [1.165, 1.54) is 23.4 Å². The predicted molar refractivity (Wildman–Crippen MR) is 180 cm³/mol. The van der Waals surface area contributed by atoms with E-state index in [4.69, 9.17) is 26.3 Å². The van der Waals surface area contributed by atoms with E-state index in [9.17, 15) is 10.1 Å². The first-order chi connectivity index (χ1) is 23.0. The third-order valence-electron chi connectivity index (χ3n) is 9.47. The summed E-state index contributed by atoms with van der Waals surface area (Å²) < 4.78 is 7.79. The molecule has 47 heavy (non-hydrogen) atoms. The number of rotatable bonds is 8. The van der Waals surface area contributed by atoms with E-state index >= 15 is 0 Å². The smallest absolute Gasteiger partial charge is 0.318 e. The van der Waals surface area contributed by atoms with Crippen LogP contribution in [0.1, 0.15) is 30.5 Å². The van der Waals surface area contributed by atoms with Crippen LogP contribution in [0.3, 0.4) is 0 Å². The first-order valence-corrected chi connectivity index (χ1v) is 16.5. The van der Waals surface area contributed by atoms with Gasteiger partial charge in [0, 0.05) is 61.1 Å². The fourth-order valence-electron chi connectivity index (χ4n) is 6.97. The molecule has 4 aromatic rings. The number of nitrogens with zero attached hydrogens (tertiary/aromatic N) is 10. The van der Waals surface area contributed by atoms with Crippen molar-refractivity contribution in [2.24, 2.45) is 0 Å². The maximum Gasteiger partial charge on any atom is 0.318 e. The number of benzene rings is 2. The Labute approximate surface area is 278 Å². The first kappa shape index (κ1) is 30.9. The number of carbonyl (C=O) groups is 1. The largest absolute Gasteiger partial charge is 0.462 e. The van der Waals surface area contributed by atoms with Crippen molar-refractivity contribution in [2.75, 3.05) is 56.2 Å². The van der Waals surface area contributed by atoms with Crippen LogP contribution in [0, 0.1) is 11.3 Å². The van der Waals surface area contributed by atoms with Crippen molar-refractivity contribution >= 4 is 46.0 Å². The van der Waals surface area contributed by atoms with Crippen LogP contribution in [-0.4, -0.2) is 98.9 Å². The average molecular weight is 653 g/mol. The molecule has 0 aliphatic carbocycles. The van der Waals surface area contributed by atoms with Gasteiger partial charge >= 0.3 is 6.01 Å². The molecule has 2 aromatic heterocycles. The van der Waals surface area contributed by atoms with Crippen LogP contribution in [0.25, 0.3) is 17.0 Å². The summed E-state index contributed by atoms with van der Waals surface area (Å²) in [7, 11) is 2.13. The van der Waals surface area contributed by atoms with Crippen molar-refractivity contribution < 1.29 is 9.53 Å². The predicted octanol–water partition coefficient (Wildman–Crippen LogP) is 4.01. The Morgan fingerprint density at radius 2 is 1.98 bits per heavy atom. The van der Waals surface area contributed by atoms with Crippen LogP contribution in [0.2, 0.25) is 5.02 Å². The summed E-state index contributed by atoms with van der Waals surface area (Å²) in [5.41, 5.74) is 3.08. The number of ether oxygens (including phenoxy) is 1. The van der Waals surface area contributed by atoms with Crippen molar-refractivity contribution in [3.63, 3.8) is 0 Å². The molecule has 2 saturated heterocycles. The lowest BCUT2D eigenvalue weighted by Gasteiger charge is -2.42. The lowest BCUT2D eigenvalue weighted by Crippen LogP contribution is -2.55. The van der Waals surface area contributed by atoms with E-state index in [0.717, 1.165) is 70.9 Å². The molecular weight excluding hydrogens is 616 g/mol. The minimum absolute atomic E-state index is 0.167. The summed E-state index contributed by atoms with van der Waals surface area (Å²) >= 11 is 6.72. The van der Waals surface area contributed by atoms with Gasteiger partial charge in [0.25, 0.3) is 0 Å². The standard InChI is InChI=1S/C34H37ClN10O2/c1-41-14-4-7-26(41)21-47-34-39-29-20-42(30-9-3-6-24-5-2-8-28(35)32(24)30)15-11-27(29)33(40-34)43-17-18-45(25(19-43)10-13-36)31(46)12-16-44-23-37-22-38-44/h2-3,5-6,8-9,12,16,22-23,25-26H,4,7,10-11,14-15,17-21H2,1H3/b16-12+/t25-,26-/m0/s1. The van der Waals surface area contributed by atoms with Gasteiger partial charge in [0.05, 0.1) is 35.8 Å². The summed E-state index contributed by atoms with van der Waals surface area (Å²) in [6.07, 6.45) is 9.16. The van der Waals surface area contributed by atoms with E-state index in [0.29, 0.717) is 44.8 Å². The minimum Gasteiger partial charge on any atom is -0.462 e. The van der Waals surface area contributed by atoms with E-state index in [1.54, 1.807) is 11.1 Å². The molecule has 13 heteroatoms. The number of anilines is 2. The molecule has 0 radical (unpaired) electrons. The molecule has 0 spiro atoms. The number of amides is 1. The third-order valence-corrected chi connectivity index (χ3v) is 9.79.